The molecule has 2 heteroatoms. The molecule has 1 unspecified atom stereocenters. The van der Waals surface area contributed by atoms with Gasteiger partial charge in [0.15, 0.2) is 0 Å². The van der Waals surface area contributed by atoms with Gasteiger partial charge in [0.2, 0.25) is 0 Å². The Morgan fingerprint density at radius 1 is 1.00 bits per heavy atom. The molecule has 1 aromatic carbocycles. The molecule has 0 aromatic heterocycles. The van der Waals surface area contributed by atoms with Crippen LogP contribution in [0.2, 0.25) is 0 Å². The Morgan fingerprint density at radius 2 is 1.50 bits per heavy atom. The predicted molar refractivity (Wildman–Crippen MR) is 95.4 cm³/mol. The Morgan fingerprint density at radius 3 is 1.95 bits per heavy atom. The van der Waals surface area contributed by atoms with Crippen molar-refractivity contribution in [2.24, 2.45) is 23.5 Å². The van der Waals surface area contributed by atoms with E-state index in [1.807, 2.05) is 0 Å². The normalized spacial score (nSPS) is 36.9. The minimum atomic E-state index is 0. The number of rotatable bonds is 4. The van der Waals surface area contributed by atoms with E-state index in [-0.39, 0.29) is 18.4 Å². The van der Waals surface area contributed by atoms with Crippen LogP contribution in [0.1, 0.15) is 75.5 Å². The first-order valence-corrected chi connectivity index (χ1v) is 9.04. The molecule has 4 aliphatic carbocycles. The fraction of sp³-hybridized carbons (Fsp3) is 0.700. The van der Waals surface area contributed by atoms with Gasteiger partial charge in [0.05, 0.1) is 0 Å². The van der Waals surface area contributed by atoms with Crippen LogP contribution in [-0.4, -0.2) is 0 Å². The van der Waals surface area contributed by atoms with Crippen LogP contribution in [0, 0.1) is 17.8 Å². The fourth-order valence-electron chi connectivity index (χ4n) is 6.03. The lowest BCUT2D eigenvalue weighted by Gasteiger charge is -2.57. The summed E-state index contributed by atoms with van der Waals surface area (Å²) in [7, 11) is 0. The Bertz CT molecular complexity index is 472. The number of benzene rings is 1. The molecule has 122 valence electrons. The molecule has 4 bridgehead atoms. The zero-order chi connectivity index (χ0) is 14.4. The fourth-order valence-corrected chi connectivity index (χ4v) is 6.03. The molecule has 4 fully saturated rings. The minimum absolute atomic E-state index is 0. The van der Waals surface area contributed by atoms with Crippen LogP contribution in [0.4, 0.5) is 0 Å². The first-order valence-electron chi connectivity index (χ1n) is 9.04. The highest BCUT2D eigenvalue weighted by Gasteiger charge is 2.51. The quantitative estimate of drug-likeness (QED) is 0.792. The lowest BCUT2D eigenvalue weighted by Crippen LogP contribution is -2.48. The second-order valence-electron chi connectivity index (χ2n) is 8.22. The van der Waals surface area contributed by atoms with Crippen LogP contribution >= 0.6 is 12.4 Å². The Hall–Kier alpha value is -0.530. The summed E-state index contributed by atoms with van der Waals surface area (Å²) in [6.45, 7) is 2.21. The summed E-state index contributed by atoms with van der Waals surface area (Å²) in [6.07, 6.45) is 11.2. The highest BCUT2D eigenvalue weighted by Crippen LogP contribution is 2.60. The Kier molecular flexibility index (Phi) is 4.58. The Balaban J connectivity index is 0.00000144. The van der Waals surface area contributed by atoms with Gasteiger partial charge in [0, 0.05) is 6.04 Å². The number of hydrogen-bond donors (Lipinski definition) is 1. The molecular formula is C20H30ClN. The molecular weight excluding hydrogens is 290 g/mol. The lowest BCUT2D eigenvalue weighted by atomic mass is 9.48. The lowest BCUT2D eigenvalue weighted by molar-refractivity contribution is -0.00519. The highest BCUT2D eigenvalue weighted by molar-refractivity contribution is 5.85. The summed E-state index contributed by atoms with van der Waals surface area (Å²) in [5, 5.41) is 0. The molecule has 0 spiro atoms. The van der Waals surface area contributed by atoms with Crippen molar-refractivity contribution in [1.29, 1.82) is 0 Å². The third-order valence-electron chi connectivity index (χ3n) is 6.59. The van der Waals surface area contributed by atoms with Gasteiger partial charge in [-0.3, -0.25) is 0 Å². The van der Waals surface area contributed by atoms with Crippen LogP contribution in [0.25, 0.3) is 0 Å². The molecule has 2 N–H and O–H groups in total. The molecule has 0 heterocycles. The first-order chi connectivity index (χ1) is 10.2. The molecule has 1 aromatic rings. The average Bonchev–Trinajstić information content (AvgIpc) is 2.46. The standard InChI is InChI=1S/C20H29N.ClH/c1-2-3-19(21)17-4-6-18(7-5-17)20-11-14-8-15(12-20)10-16(9-14)13-20;/h4-7,14-16,19H,2-3,8-13,21H2,1H3;1H. The van der Waals surface area contributed by atoms with E-state index in [9.17, 15) is 0 Å². The van der Waals surface area contributed by atoms with Gasteiger partial charge in [-0.2, -0.15) is 0 Å². The van der Waals surface area contributed by atoms with Crippen molar-refractivity contribution >= 4 is 12.4 Å². The minimum Gasteiger partial charge on any atom is -0.324 e. The van der Waals surface area contributed by atoms with Crippen molar-refractivity contribution in [1.82, 2.24) is 0 Å². The van der Waals surface area contributed by atoms with Crippen LogP contribution in [0.3, 0.4) is 0 Å². The zero-order valence-electron chi connectivity index (χ0n) is 13.8. The smallest absolute Gasteiger partial charge is 0.0294 e. The van der Waals surface area contributed by atoms with Crippen LogP contribution in [0.15, 0.2) is 24.3 Å². The van der Waals surface area contributed by atoms with E-state index in [0.29, 0.717) is 5.41 Å². The summed E-state index contributed by atoms with van der Waals surface area (Å²) in [4.78, 5) is 0. The molecule has 4 aliphatic rings. The average molecular weight is 320 g/mol. The van der Waals surface area contributed by atoms with Crippen LogP contribution in [0.5, 0.6) is 0 Å². The van der Waals surface area contributed by atoms with Gasteiger partial charge in [-0.15, -0.1) is 12.4 Å². The molecule has 0 amide bonds. The van der Waals surface area contributed by atoms with Gasteiger partial charge >= 0.3 is 0 Å². The summed E-state index contributed by atoms with van der Waals surface area (Å²) >= 11 is 0. The van der Waals surface area contributed by atoms with Gasteiger partial charge in [0.1, 0.15) is 0 Å². The van der Waals surface area contributed by atoms with E-state index in [2.05, 4.69) is 31.2 Å². The molecule has 4 saturated carbocycles. The van der Waals surface area contributed by atoms with Crippen LogP contribution < -0.4 is 5.73 Å². The van der Waals surface area contributed by atoms with Gasteiger partial charge < -0.3 is 5.73 Å². The molecule has 22 heavy (non-hydrogen) atoms. The Labute approximate surface area is 141 Å². The largest absolute Gasteiger partial charge is 0.324 e. The molecule has 0 saturated heterocycles. The van der Waals surface area contributed by atoms with E-state index < -0.39 is 0 Å². The molecule has 1 nitrogen and oxygen atoms in total. The maximum atomic E-state index is 6.26. The van der Waals surface area contributed by atoms with Gasteiger partial charge in [-0.25, -0.2) is 0 Å². The number of nitrogens with two attached hydrogens (primary N) is 1. The molecule has 5 rings (SSSR count). The summed E-state index contributed by atoms with van der Waals surface area (Å²) in [5.74, 6) is 3.08. The van der Waals surface area contributed by atoms with Gasteiger partial charge in [0.25, 0.3) is 0 Å². The third kappa shape index (κ3) is 2.71. The van der Waals surface area contributed by atoms with E-state index in [4.69, 9.17) is 5.73 Å². The van der Waals surface area contributed by atoms with E-state index >= 15 is 0 Å². The number of halogens is 1. The van der Waals surface area contributed by atoms with Crippen molar-refractivity contribution in [3.8, 4) is 0 Å². The van der Waals surface area contributed by atoms with Crippen LogP contribution in [-0.2, 0) is 5.41 Å². The monoisotopic (exact) mass is 319 g/mol. The SMILES string of the molecule is CCCC(N)c1ccc(C23CC4CC(CC(C4)C2)C3)cc1.Cl. The first kappa shape index (κ1) is 16.3. The summed E-state index contributed by atoms with van der Waals surface area (Å²) in [6, 6.07) is 9.68. The molecule has 0 aliphatic heterocycles. The van der Waals surface area contributed by atoms with Crippen molar-refractivity contribution in [3.05, 3.63) is 35.4 Å². The maximum Gasteiger partial charge on any atom is 0.0294 e. The van der Waals surface area contributed by atoms with E-state index in [1.54, 1.807) is 5.56 Å². The zero-order valence-corrected chi connectivity index (χ0v) is 14.6. The predicted octanol–water partition coefficient (Wildman–Crippen LogP) is 5.38. The van der Waals surface area contributed by atoms with Crippen molar-refractivity contribution in [3.63, 3.8) is 0 Å². The van der Waals surface area contributed by atoms with Crippen molar-refractivity contribution in [2.45, 2.75) is 69.7 Å². The topological polar surface area (TPSA) is 26.0 Å². The van der Waals surface area contributed by atoms with Crippen molar-refractivity contribution < 1.29 is 0 Å². The van der Waals surface area contributed by atoms with Gasteiger partial charge in [-0.05, 0) is 79.2 Å². The maximum absolute atomic E-state index is 6.26. The highest BCUT2D eigenvalue weighted by atomic mass is 35.5. The summed E-state index contributed by atoms with van der Waals surface area (Å²) in [5.41, 5.74) is 9.74. The summed E-state index contributed by atoms with van der Waals surface area (Å²) < 4.78 is 0. The van der Waals surface area contributed by atoms with E-state index in [0.717, 1.165) is 30.6 Å². The molecule has 1 atom stereocenters. The van der Waals surface area contributed by atoms with Crippen molar-refractivity contribution in [2.75, 3.05) is 0 Å². The van der Waals surface area contributed by atoms with E-state index in [1.165, 1.54) is 44.1 Å². The third-order valence-corrected chi connectivity index (χ3v) is 6.59. The number of hydrogen-bond acceptors (Lipinski definition) is 1. The molecule has 0 radical (unpaired) electrons. The second kappa shape index (κ2) is 6.17. The second-order valence-corrected chi connectivity index (χ2v) is 8.22. The van der Waals surface area contributed by atoms with Gasteiger partial charge in [-0.1, -0.05) is 37.6 Å².